The minimum atomic E-state index is -0.496. The van der Waals surface area contributed by atoms with E-state index in [0.29, 0.717) is 17.5 Å². The van der Waals surface area contributed by atoms with Gasteiger partial charge in [0.1, 0.15) is 6.61 Å². The normalized spacial score (nSPS) is 14.2. The number of rotatable bonds is 5. The van der Waals surface area contributed by atoms with Gasteiger partial charge in [0.15, 0.2) is 11.6 Å². The second-order valence-corrected chi connectivity index (χ2v) is 4.85. The summed E-state index contributed by atoms with van der Waals surface area (Å²) in [5, 5.41) is 2.92. The fourth-order valence-corrected chi connectivity index (χ4v) is 2.20. The zero-order valence-electron chi connectivity index (χ0n) is 11.5. The molecule has 0 unspecified atom stereocenters. The zero-order chi connectivity index (χ0) is 14.5. The van der Waals surface area contributed by atoms with Crippen LogP contribution in [0.3, 0.4) is 0 Å². The SMILES string of the molecule is C#CCOc1ccc(C(=O)NC2CCC2)c(CC)c1F. The van der Waals surface area contributed by atoms with Crippen LogP contribution in [0.5, 0.6) is 5.75 Å². The third kappa shape index (κ3) is 2.93. The lowest BCUT2D eigenvalue weighted by molar-refractivity contribution is 0.0915. The van der Waals surface area contributed by atoms with E-state index < -0.39 is 5.82 Å². The number of ether oxygens (including phenoxy) is 1. The highest BCUT2D eigenvalue weighted by molar-refractivity contribution is 5.96. The molecule has 4 heteroatoms. The lowest BCUT2D eigenvalue weighted by Crippen LogP contribution is -2.39. The predicted octanol–water partition coefficient (Wildman–Crippen LogP) is 2.68. The molecule has 0 radical (unpaired) electrons. The Bertz CT molecular complexity index is 544. The molecule has 1 amide bonds. The van der Waals surface area contributed by atoms with Crippen LogP contribution in [0.15, 0.2) is 12.1 Å². The molecule has 0 saturated heterocycles. The second-order valence-electron chi connectivity index (χ2n) is 4.85. The number of carbonyl (C=O) groups is 1. The highest BCUT2D eigenvalue weighted by atomic mass is 19.1. The molecule has 0 atom stereocenters. The second kappa shape index (κ2) is 6.42. The lowest BCUT2D eigenvalue weighted by atomic mass is 9.92. The summed E-state index contributed by atoms with van der Waals surface area (Å²) >= 11 is 0. The molecule has 1 N–H and O–H groups in total. The first-order valence-electron chi connectivity index (χ1n) is 6.85. The third-order valence-electron chi connectivity index (χ3n) is 3.56. The number of hydrogen-bond donors (Lipinski definition) is 1. The van der Waals surface area contributed by atoms with Gasteiger partial charge < -0.3 is 10.1 Å². The van der Waals surface area contributed by atoms with Crippen molar-refractivity contribution in [2.75, 3.05) is 6.61 Å². The molecule has 0 bridgehead atoms. The molecule has 0 spiro atoms. The average Bonchev–Trinajstić information content (AvgIpc) is 2.41. The first-order chi connectivity index (χ1) is 9.67. The fourth-order valence-electron chi connectivity index (χ4n) is 2.20. The molecule has 1 aliphatic rings. The number of hydrogen-bond acceptors (Lipinski definition) is 2. The van der Waals surface area contributed by atoms with Crippen molar-refractivity contribution in [3.05, 3.63) is 29.1 Å². The van der Waals surface area contributed by atoms with Crippen molar-refractivity contribution in [3.63, 3.8) is 0 Å². The Hall–Kier alpha value is -2.02. The van der Waals surface area contributed by atoms with E-state index in [1.165, 1.54) is 6.07 Å². The van der Waals surface area contributed by atoms with Crippen LogP contribution in [0.4, 0.5) is 4.39 Å². The molecular weight excluding hydrogens is 257 g/mol. The van der Waals surface area contributed by atoms with Crippen LogP contribution < -0.4 is 10.1 Å². The molecule has 1 fully saturated rings. The summed E-state index contributed by atoms with van der Waals surface area (Å²) in [4.78, 5) is 12.2. The predicted molar refractivity (Wildman–Crippen MR) is 75.2 cm³/mol. The number of terminal acetylenes is 1. The van der Waals surface area contributed by atoms with E-state index in [1.54, 1.807) is 6.07 Å². The number of nitrogens with one attached hydrogen (secondary N) is 1. The Morgan fingerprint density at radius 2 is 2.30 bits per heavy atom. The van der Waals surface area contributed by atoms with Gasteiger partial charge in [0.05, 0.1) is 0 Å². The largest absolute Gasteiger partial charge is 0.478 e. The molecule has 0 aromatic heterocycles. The quantitative estimate of drug-likeness (QED) is 0.839. The van der Waals surface area contributed by atoms with E-state index in [4.69, 9.17) is 11.2 Å². The van der Waals surface area contributed by atoms with Gasteiger partial charge in [-0.15, -0.1) is 6.42 Å². The van der Waals surface area contributed by atoms with Gasteiger partial charge in [-0.3, -0.25) is 4.79 Å². The van der Waals surface area contributed by atoms with Crippen molar-refractivity contribution in [1.82, 2.24) is 5.32 Å². The zero-order valence-corrected chi connectivity index (χ0v) is 11.5. The molecule has 0 heterocycles. The first kappa shape index (κ1) is 14.4. The Kier molecular flexibility index (Phi) is 4.62. The number of amides is 1. The summed E-state index contributed by atoms with van der Waals surface area (Å²) in [7, 11) is 0. The molecule has 3 nitrogen and oxygen atoms in total. The van der Waals surface area contributed by atoms with Crippen molar-refractivity contribution in [2.24, 2.45) is 0 Å². The van der Waals surface area contributed by atoms with Gasteiger partial charge in [0, 0.05) is 17.2 Å². The molecule has 20 heavy (non-hydrogen) atoms. The van der Waals surface area contributed by atoms with E-state index in [1.807, 2.05) is 6.92 Å². The van der Waals surface area contributed by atoms with Gasteiger partial charge in [-0.05, 0) is 37.8 Å². The Balaban J connectivity index is 2.22. The molecule has 0 aliphatic heterocycles. The Morgan fingerprint density at radius 3 is 2.85 bits per heavy atom. The molecular formula is C16H18FNO2. The van der Waals surface area contributed by atoms with Crippen molar-refractivity contribution in [2.45, 2.75) is 38.6 Å². The molecule has 1 aromatic rings. The summed E-state index contributed by atoms with van der Waals surface area (Å²) in [5.41, 5.74) is 0.751. The van der Waals surface area contributed by atoms with Crippen LogP contribution in [0.2, 0.25) is 0 Å². The smallest absolute Gasteiger partial charge is 0.251 e. The van der Waals surface area contributed by atoms with Crippen LogP contribution >= 0.6 is 0 Å². The van der Waals surface area contributed by atoms with E-state index in [0.717, 1.165) is 19.3 Å². The fraction of sp³-hybridized carbons (Fsp3) is 0.438. The highest BCUT2D eigenvalue weighted by Gasteiger charge is 2.23. The summed E-state index contributed by atoms with van der Waals surface area (Å²) < 4.78 is 19.4. The monoisotopic (exact) mass is 275 g/mol. The van der Waals surface area contributed by atoms with Gasteiger partial charge in [0.25, 0.3) is 5.91 Å². The maximum Gasteiger partial charge on any atom is 0.251 e. The molecule has 2 rings (SSSR count). The van der Waals surface area contributed by atoms with E-state index in [9.17, 15) is 9.18 Å². The van der Waals surface area contributed by atoms with Crippen LogP contribution in [-0.4, -0.2) is 18.6 Å². The minimum Gasteiger partial charge on any atom is -0.478 e. The summed E-state index contributed by atoms with van der Waals surface area (Å²) in [6.07, 6.45) is 8.65. The molecule has 1 aromatic carbocycles. The van der Waals surface area contributed by atoms with Crippen LogP contribution in [0.1, 0.15) is 42.1 Å². The topological polar surface area (TPSA) is 38.3 Å². The first-order valence-corrected chi connectivity index (χ1v) is 6.85. The van der Waals surface area contributed by atoms with Crippen molar-refractivity contribution >= 4 is 5.91 Å². The lowest BCUT2D eigenvalue weighted by Gasteiger charge is -2.26. The maximum absolute atomic E-state index is 14.3. The minimum absolute atomic E-state index is 0.00763. The van der Waals surface area contributed by atoms with Crippen LogP contribution in [-0.2, 0) is 6.42 Å². The highest BCUT2D eigenvalue weighted by Crippen LogP contribution is 2.25. The Labute approximate surface area is 118 Å². The van der Waals surface area contributed by atoms with Gasteiger partial charge in [-0.2, -0.15) is 0 Å². The number of benzene rings is 1. The van der Waals surface area contributed by atoms with Gasteiger partial charge >= 0.3 is 0 Å². The van der Waals surface area contributed by atoms with E-state index in [2.05, 4.69) is 11.2 Å². The van der Waals surface area contributed by atoms with Crippen LogP contribution in [0, 0.1) is 18.2 Å². The van der Waals surface area contributed by atoms with Gasteiger partial charge in [0.2, 0.25) is 0 Å². The summed E-state index contributed by atoms with van der Waals surface area (Å²) in [6, 6.07) is 3.29. The molecule has 106 valence electrons. The van der Waals surface area contributed by atoms with Crippen molar-refractivity contribution in [3.8, 4) is 18.1 Å². The molecule has 1 aliphatic carbocycles. The summed E-state index contributed by atoms with van der Waals surface area (Å²) in [6.45, 7) is 1.82. The summed E-state index contributed by atoms with van der Waals surface area (Å²) in [5.74, 6) is 1.68. The number of carbonyl (C=O) groups excluding carboxylic acids is 1. The third-order valence-corrected chi connectivity index (χ3v) is 3.56. The van der Waals surface area contributed by atoms with Gasteiger partial charge in [-0.1, -0.05) is 12.8 Å². The average molecular weight is 275 g/mol. The molecule has 1 saturated carbocycles. The Morgan fingerprint density at radius 1 is 1.55 bits per heavy atom. The van der Waals surface area contributed by atoms with E-state index >= 15 is 0 Å². The van der Waals surface area contributed by atoms with Crippen molar-refractivity contribution in [1.29, 1.82) is 0 Å². The van der Waals surface area contributed by atoms with E-state index in [-0.39, 0.29) is 24.3 Å². The van der Waals surface area contributed by atoms with Crippen molar-refractivity contribution < 1.29 is 13.9 Å². The number of halogens is 1. The van der Waals surface area contributed by atoms with Gasteiger partial charge in [-0.25, -0.2) is 4.39 Å². The standard InChI is InChI=1S/C16H18FNO2/c1-3-10-20-14-9-8-13(12(4-2)15(14)17)16(19)18-11-6-5-7-11/h1,8-9,11H,4-7,10H2,2H3,(H,18,19). The van der Waals surface area contributed by atoms with Crippen LogP contribution in [0.25, 0.3) is 0 Å². The maximum atomic E-state index is 14.3.